The number of azide groups is 1. The predicted octanol–water partition coefficient (Wildman–Crippen LogP) is 0.848. The van der Waals surface area contributed by atoms with E-state index in [2.05, 4.69) is 15.0 Å². The summed E-state index contributed by atoms with van der Waals surface area (Å²) >= 11 is 0. The van der Waals surface area contributed by atoms with Gasteiger partial charge < -0.3 is 9.47 Å². The molecule has 114 valence electrons. The lowest BCUT2D eigenvalue weighted by molar-refractivity contribution is -0.0434. The minimum Gasteiger partial charge on any atom is -0.379 e. The van der Waals surface area contributed by atoms with E-state index in [-0.39, 0.29) is 6.61 Å². The number of aryl methyl sites for hydroxylation is 1. The van der Waals surface area contributed by atoms with E-state index in [9.17, 15) is 9.59 Å². The molecule has 1 aromatic heterocycles. The molecule has 9 heteroatoms. The highest BCUT2D eigenvalue weighted by Crippen LogP contribution is 2.30. The molecule has 2 rings (SSSR count). The van der Waals surface area contributed by atoms with Gasteiger partial charge in [-0.2, -0.15) is 0 Å². The van der Waals surface area contributed by atoms with Gasteiger partial charge in [-0.25, -0.2) is 4.79 Å². The maximum Gasteiger partial charge on any atom is 0.330 e. The topological polar surface area (TPSA) is 122 Å². The molecule has 1 aliphatic heterocycles. The molecule has 0 aromatic carbocycles. The van der Waals surface area contributed by atoms with Crippen molar-refractivity contribution >= 4 is 0 Å². The van der Waals surface area contributed by atoms with Gasteiger partial charge in [0.1, 0.15) is 6.23 Å². The molecule has 0 bridgehead atoms. The van der Waals surface area contributed by atoms with Crippen LogP contribution in [0, 0.1) is 6.92 Å². The van der Waals surface area contributed by atoms with Gasteiger partial charge in [-0.3, -0.25) is 14.3 Å². The van der Waals surface area contributed by atoms with Crippen LogP contribution >= 0.6 is 0 Å². The Labute approximate surface area is 120 Å². The molecule has 1 aliphatic rings. The Kier molecular flexibility index (Phi) is 4.79. The van der Waals surface area contributed by atoms with E-state index in [1.165, 1.54) is 10.8 Å². The Bertz CT molecular complexity index is 660. The molecule has 1 fully saturated rings. The van der Waals surface area contributed by atoms with Crippen molar-refractivity contribution in [3.8, 4) is 0 Å². The largest absolute Gasteiger partial charge is 0.379 e. The first kappa shape index (κ1) is 15.3. The van der Waals surface area contributed by atoms with Crippen molar-refractivity contribution in [2.24, 2.45) is 5.11 Å². The number of hydrogen-bond acceptors (Lipinski definition) is 5. The molecule has 0 spiro atoms. The fraction of sp³-hybridized carbons (Fsp3) is 0.667. The molecule has 0 amide bonds. The molecule has 21 heavy (non-hydrogen) atoms. The first-order valence-electron chi connectivity index (χ1n) is 6.66. The van der Waals surface area contributed by atoms with Crippen molar-refractivity contribution in [3.63, 3.8) is 0 Å². The molecule has 0 aliphatic carbocycles. The SMILES string of the molecule is CCOC[C@H]1O[C@@H](n2cc(C)c(=O)[nH]c2=O)C[C@@H]1N=[N+]=[N-]. The van der Waals surface area contributed by atoms with Gasteiger partial charge in [0.2, 0.25) is 0 Å². The van der Waals surface area contributed by atoms with Gasteiger partial charge in [0.05, 0.1) is 18.8 Å². The lowest BCUT2D eigenvalue weighted by atomic mass is 10.1. The van der Waals surface area contributed by atoms with Crippen LogP contribution in [0.25, 0.3) is 10.4 Å². The van der Waals surface area contributed by atoms with Crippen molar-refractivity contribution in [2.45, 2.75) is 38.6 Å². The van der Waals surface area contributed by atoms with Crippen LogP contribution in [0.15, 0.2) is 20.9 Å². The van der Waals surface area contributed by atoms with Crippen molar-refractivity contribution < 1.29 is 9.47 Å². The zero-order valence-corrected chi connectivity index (χ0v) is 11.9. The van der Waals surface area contributed by atoms with E-state index in [0.29, 0.717) is 18.6 Å². The van der Waals surface area contributed by atoms with Crippen LogP contribution < -0.4 is 11.2 Å². The van der Waals surface area contributed by atoms with Gasteiger partial charge in [-0.15, -0.1) is 0 Å². The van der Waals surface area contributed by atoms with Crippen LogP contribution in [0.2, 0.25) is 0 Å². The minimum absolute atomic E-state index is 0.285. The van der Waals surface area contributed by atoms with Crippen molar-refractivity contribution in [1.82, 2.24) is 9.55 Å². The molecule has 3 atom stereocenters. The fourth-order valence-electron chi connectivity index (χ4n) is 2.26. The Morgan fingerprint density at radius 1 is 1.62 bits per heavy atom. The van der Waals surface area contributed by atoms with Crippen molar-refractivity contribution in [2.75, 3.05) is 13.2 Å². The van der Waals surface area contributed by atoms with Gasteiger partial charge in [0.15, 0.2) is 0 Å². The second-order valence-corrected chi connectivity index (χ2v) is 4.78. The van der Waals surface area contributed by atoms with Crippen LogP contribution in [0.3, 0.4) is 0 Å². The lowest BCUT2D eigenvalue weighted by Crippen LogP contribution is -2.33. The van der Waals surface area contributed by atoms with Crippen molar-refractivity contribution in [3.05, 3.63) is 43.0 Å². The van der Waals surface area contributed by atoms with Gasteiger partial charge in [-0.05, 0) is 19.4 Å². The first-order valence-corrected chi connectivity index (χ1v) is 6.66. The summed E-state index contributed by atoms with van der Waals surface area (Å²) in [7, 11) is 0. The van der Waals surface area contributed by atoms with Crippen molar-refractivity contribution in [1.29, 1.82) is 0 Å². The number of aromatic amines is 1. The van der Waals surface area contributed by atoms with Crippen LogP contribution in [-0.2, 0) is 9.47 Å². The molecule has 9 nitrogen and oxygen atoms in total. The molecule has 0 radical (unpaired) electrons. The number of H-pyrrole nitrogens is 1. The van der Waals surface area contributed by atoms with E-state index in [4.69, 9.17) is 15.0 Å². The predicted molar refractivity (Wildman–Crippen MR) is 74.0 cm³/mol. The van der Waals surface area contributed by atoms with Crippen LogP contribution in [0.4, 0.5) is 0 Å². The highest BCUT2D eigenvalue weighted by molar-refractivity contribution is 5.02. The van der Waals surface area contributed by atoms with Gasteiger partial charge >= 0.3 is 5.69 Å². The summed E-state index contributed by atoms with van der Waals surface area (Å²) < 4.78 is 12.3. The first-order chi connectivity index (χ1) is 10.1. The monoisotopic (exact) mass is 295 g/mol. The molecule has 0 unspecified atom stereocenters. The van der Waals surface area contributed by atoms with Crippen LogP contribution in [0.5, 0.6) is 0 Å². The number of ether oxygens (including phenoxy) is 2. The van der Waals surface area contributed by atoms with E-state index < -0.39 is 29.6 Å². The van der Waals surface area contributed by atoms with E-state index in [1.807, 2.05) is 6.92 Å². The normalized spacial score (nSPS) is 24.8. The Morgan fingerprint density at radius 2 is 2.38 bits per heavy atom. The molecule has 1 saturated heterocycles. The number of nitrogens with one attached hydrogen (secondary N) is 1. The smallest absolute Gasteiger partial charge is 0.330 e. The summed E-state index contributed by atoms with van der Waals surface area (Å²) in [5.74, 6) is 0. The quantitative estimate of drug-likeness (QED) is 0.491. The summed E-state index contributed by atoms with van der Waals surface area (Å²) in [6.45, 7) is 4.26. The van der Waals surface area contributed by atoms with Crippen LogP contribution in [0.1, 0.15) is 25.1 Å². The van der Waals surface area contributed by atoms with E-state index >= 15 is 0 Å². The van der Waals surface area contributed by atoms with E-state index in [1.54, 1.807) is 6.92 Å². The highest BCUT2D eigenvalue weighted by Gasteiger charge is 2.36. The molecule has 0 saturated carbocycles. The number of nitrogens with zero attached hydrogens (tertiary/aromatic N) is 4. The second kappa shape index (κ2) is 6.57. The van der Waals surface area contributed by atoms with E-state index in [0.717, 1.165) is 0 Å². The fourth-order valence-corrected chi connectivity index (χ4v) is 2.26. The summed E-state index contributed by atoms with van der Waals surface area (Å²) in [5, 5.41) is 3.69. The van der Waals surface area contributed by atoms with Gasteiger partial charge in [-0.1, -0.05) is 5.11 Å². The zero-order valence-electron chi connectivity index (χ0n) is 11.9. The molecule has 1 N–H and O–H groups in total. The summed E-state index contributed by atoms with van der Waals surface area (Å²) in [6, 6.07) is -0.411. The third-order valence-electron chi connectivity index (χ3n) is 3.35. The molecule has 1 aromatic rings. The second-order valence-electron chi connectivity index (χ2n) is 4.78. The Balaban J connectivity index is 2.26. The lowest BCUT2D eigenvalue weighted by Gasteiger charge is -2.16. The number of rotatable bonds is 5. The average Bonchev–Trinajstić information content (AvgIpc) is 2.84. The summed E-state index contributed by atoms with van der Waals surface area (Å²) in [5.41, 5.74) is 8.04. The Hall–Kier alpha value is -2.09. The Morgan fingerprint density at radius 3 is 3.05 bits per heavy atom. The third kappa shape index (κ3) is 3.33. The molecular weight excluding hydrogens is 278 g/mol. The molecular formula is C12H17N5O4. The standard InChI is InChI=1S/C12H17N5O4/c1-3-20-6-9-8(15-16-13)4-10(21-9)17-5-7(2)11(18)14-12(17)19/h5,8-10H,3-4,6H2,1-2H3,(H,14,18,19)/t8-,9+,10+/m0/s1. The number of hydrogen-bond donors (Lipinski definition) is 1. The van der Waals surface area contributed by atoms with Crippen LogP contribution in [-0.4, -0.2) is 34.9 Å². The number of aromatic nitrogens is 2. The van der Waals surface area contributed by atoms with Gasteiger partial charge in [0.25, 0.3) is 5.56 Å². The highest BCUT2D eigenvalue weighted by atomic mass is 16.6. The summed E-state index contributed by atoms with van der Waals surface area (Å²) in [6.07, 6.45) is 0.800. The summed E-state index contributed by atoms with van der Waals surface area (Å²) in [4.78, 5) is 28.3. The maximum absolute atomic E-state index is 11.9. The minimum atomic E-state index is -0.589. The molecule has 2 heterocycles. The maximum atomic E-state index is 11.9. The zero-order chi connectivity index (χ0) is 15.4. The third-order valence-corrected chi connectivity index (χ3v) is 3.35. The average molecular weight is 295 g/mol. The van der Waals surface area contributed by atoms with Gasteiger partial charge in [0, 0.05) is 29.7 Å².